The molecule has 0 bridgehead atoms. The third kappa shape index (κ3) is 4.87. The van der Waals surface area contributed by atoms with Crippen LogP contribution < -0.4 is 5.32 Å². The highest BCUT2D eigenvalue weighted by Gasteiger charge is 1.88. The number of hydrogen-bond acceptors (Lipinski definition) is 2. The Kier molecular flexibility index (Phi) is 4.59. The number of allylic oxidation sites excluding steroid dienone is 1. The summed E-state index contributed by atoms with van der Waals surface area (Å²) >= 11 is 0. The fraction of sp³-hybridized carbons (Fsp3) is 0.500. The van der Waals surface area contributed by atoms with Gasteiger partial charge >= 0.3 is 6.09 Å². The Labute approximate surface area is 54.7 Å². The molecule has 0 radical (unpaired) electrons. The molecule has 0 heterocycles. The highest BCUT2D eigenvalue weighted by molar-refractivity contribution is 5.67. The molecule has 3 heteroatoms. The van der Waals surface area contributed by atoms with Gasteiger partial charge in [0.2, 0.25) is 0 Å². The largest absolute Gasteiger partial charge is 0.453 e. The van der Waals surface area contributed by atoms with Gasteiger partial charge in [0.05, 0.1) is 7.11 Å². The fourth-order valence-electron chi connectivity index (χ4n) is 0.304. The lowest BCUT2D eigenvalue weighted by Gasteiger charge is -1.93. The summed E-state index contributed by atoms with van der Waals surface area (Å²) < 4.78 is 4.30. The molecule has 52 valence electrons. The summed E-state index contributed by atoms with van der Waals surface area (Å²) in [7, 11) is 1.33. The number of carbonyl (C=O) groups is 1. The molecule has 0 fully saturated rings. The topological polar surface area (TPSA) is 38.3 Å². The van der Waals surface area contributed by atoms with Crippen LogP contribution in [0, 0.1) is 0 Å². The summed E-state index contributed by atoms with van der Waals surface area (Å²) in [4.78, 5) is 10.3. The molecule has 0 unspecified atom stereocenters. The van der Waals surface area contributed by atoms with Gasteiger partial charge in [-0.3, -0.25) is 5.32 Å². The van der Waals surface area contributed by atoms with Crippen LogP contribution in [0.4, 0.5) is 4.79 Å². The van der Waals surface area contributed by atoms with Gasteiger partial charge in [0.25, 0.3) is 0 Å². The van der Waals surface area contributed by atoms with E-state index in [9.17, 15) is 4.79 Å². The van der Waals surface area contributed by atoms with E-state index < -0.39 is 6.09 Å². The van der Waals surface area contributed by atoms with Gasteiger partial charge in [-0.2, -0.15) is 0 Å². The number of amides is 1. The third-order valence-corrected chi connectivity index (χ3v) is 0.740. The summed E-state index contributed by atoms with van der Waals surface area (Å²) in [5.41, 5.74) is 0. The van der Waals surface area contributed by atoms with Crippen LogP contribution in [0.15, 0.2) is 12.3 Å². The van der Waals surface area contributed by atoms with Crippen molar-refractivity contribution in [1.29, 1.82) is 0 Å². The Morgan fingerprint density at radius 1 is 1.78 bits per heavy atom. The standard InChI is InChI=1S/C6H11NO2/c1-3-4-5-7-6(8)9-2/h4-5H,3H2,1-2H3,(H,7,8). The Morgan fingerprint density at radius 3 is 2.89 bits per heavy atom. The molecule has 0 rings (SSSR count). The van der Waals surface area contributed by atoms with Crippen molar-refractivity contribution in [2.45, 2.75) is 13.3 Å². The molecule has 0 aromatic carbocycles. The number of ether oxygens (including phenoxy) is 1. The quantitative estimate of drug-likeness (QED) is 0.609. The average molecular weight is 129 g/mol. The lowest BCUT2D eigenvalue weighted by Crippen LogP contribution is -2.15. The highest BCUT2D eigenvalue weighted by atomic mass is 16.5. The monoisotopic (exact) mass is 129 g/mol. The van der Waals surface area contributed by atoms with Gasteiger partial charge in [-0.15, -0.1) is 0 Å². The number of methoxy groups -OCH3 is 1. The molecule has 0 spiro atoms. The molecule has 9 heavy (non-hydrogen) atoms. The van der Waals surface area contributed by atoms with Crippen molar-refractivity contribution in [3.63, 3.8) is 0 Å². The number of carbonyl (C=O) groups excluding carboxylic acids is 1. The predicted octanol–water partition coefficient (Wildman–Crippen LogP) is 1.27. The molecule has 1 amide bonds. The number of hydrogen-bond donors (Lipinski definition) is 1. The summed E-state index contributed by atoms with van der Waals surface area (Å²) in [6.45, 7) is 1.98. The minimum absolute atomic E-state index is 0.431. The van der Waals surface area contributed by atoms with Crippen LogP contribution in [-0.2, 0) is 4.74 Å². The molecule has 0 saturated heterocycles. The molecule has 0 aromatic heterocycles. The van der Waals surface area contributed by atoms with E-state index in [1.54, 1.807) is 6.20 Å². The average Bonchev–Trinajstić information content (AvgIpc) is 1.89. The van der Waals surface area contributed by atoms with E-state index in [0.29, 0.717) is 0 Å². The molecule has 0 aliphatic carbocycles. The number of alkyl carbamates (subject to hydrolysis) is 1. The van der Waals surface area contributed by atoms with Crippen molar-refractivity contribution < 1.29 is 9.53 Å². The van der Waals surface area contributed by atoms with Crippen LogP contribution in [0.1, 0.15) is 13.3 Å². The molecule has 0 aromatic rings. The maximum Gasteiger partial charge on any atom is 0.410 e. The molecule has 1 N–H and O–H groups in total. The Hall–Kier alpha value is -0.990. The summed E-state index contributed by atoms with van der Waals surface area (Å²) in [6.07, 6.45) is 3.87. The molecular weight excluding hydrogens is 118 g/mol. The van der Waals surface area contributed by atoms with E-state index in [1.165, 1.54) is 7.11 Å². The van der Waals surface area contributed by atoms with Crippen LogP contribution in [0.2, 0.25) is 0 Å². The molecule has 0 saturated carbocycles. The van der Waals surface area contributed by atoms with Crippen molar-refractivity contribution in [2.24, 2.45) is 0 Å². The van der Waals surface area contributed by atoms with Crippen LogP contribution in [0.5, 0.6) is 0 Å². The molecule has 3 nitrogen and oxygen atoms in total. The summed E-state index contributed by atoms with van der Waals surface area (Å²) in [6, 6.07) is 0. The zero-order chi connectivity index (χ0) is 7.11. The van der Waals surface area contributed by atoms with Gasteiger partial charge in [0.15, 0.2) is 0 Å². The second-order valence-corrected chi connectivity index (χ2v) is 1.45. The van der Waals surface area contributed by atoms with E-state index in [2.05, 4.69) is 10.1 Å². The number of rotatable bonds is 2. The van der Waals surface area contributed by atoms with Crippen LogP contribution in [-0.4, -0.2) is 13.2 Å². The second kappa shape index (κ2) is 5.15. The minimum Gasteiger partial charge on any atom is -0.453 e. The van der Waals surface area contributed by atoms with E-state index >= 15 is 0 Å². The van der Waals surface area contributed by atoms with Crippen molar-refractivity contribution in [3.05, 3.63) is 12.3 Å². The zero-order valence-electron chi connectivity index (χ0n) is 5.68. The third-order valence-electron chi connectivity index (χ3n) is 0.740. The SMILES string of the molecule is CCC=CNC(=O)OC. The normalized spacial score (nSPS) is 9.56. The lowest BCUT2D eigenvalue weighted by atomic mass is 10.5. The lowest BCUT2D eigenvalue weighted by molar-refractivity contribution is 0.175. The molecule has 0 aliphatic rings. The molecule has 0 aliphatic heterocycles. The maximum atomic E-state index is 10.3. The summed E-state index contributed by atoms with van der Waals surface area (Å²) in [5, 5.41) is 2.39. The van der Waals surface area contributed by atoms with Gasteiger partial charge in [-0.1, -0.05) is 13.0 Å². The van der Waals surface area contributed by atoms with Gasteiger partial charge in [-0.25, -0.2) is 4.79 Å². The van der Waals surface area contributed by atoms with Crippen LogP contribution in [0.25, 0.3) is 0 Å². The molecule has 0 atom stereocenters. The van der Waals surface area contributed by atoms with Crippen molar-refractivity contribution in [1.82, 2.24) is 5.32 Å². The second-order valence-electron chi connectivity index (χ2n) is 1.45. The van der Waals surface area contributed by atoms with Crippen molar-refractivity contribution in [2.75, 3.05) is 7.11 Å². The Morgan fingerprint density at radius 2 is 2.44 bits per heavy atom. The van der Waals surface area contributed by atoms with Crippen LogP contribution in [0.3, 0.4) is 0 Å². The van der Waals surface area contributed by atoms with E-state index in [0.717, 1.165) is 6.42 Å². The number of nitrogens with one attached hydrogen (secondary N) is 1. The Balaban J connectivity index is 3.26. The van der Waals surface area contributed by atoms with Gasteiger partial charge in [0, 0.05) is 6.20 Å². The fourth-order valence-corrected chi connectivity index (χ4v) is 0.304. The van der Waals surface area contributed by atoms with E-state index in [1.807, 2.05) is 13.0 Å². The smallest absolute Gasteiger partial charge is 0.410 e. The highest BCUT2D eigenvalue weighted by Crippen LogP contribution is 1.76. The molecular formula is C6H11NO2. The van der Waals surface area contributed by atoms with E-state index in [-0.39, 0.29) is 0 Å². The van der Waals surface area contributed by atoms with Gasteiger partial charge < -0.3 is 4.74 Å². The predicted molar refractivity (Wildman–Crippen MR) is 35.0 cm³/mol. The maximum absolute atomic E-state index is 10.3. The first kappa shape index (κ1) is 8.01. The van der Waals surface area contributed by atoms with E-state index in [4.69, 9.17) is 0 Å². The first-order valence-electron chi connectivity index (χ1n) is 2.80. The van der Waals surface area contributed by atoms with Crippen molar-refractivity contribution in [3.8, 4) is 0 Å². The first-order valence-corrected chi connectivity index (χ1v) is 2.80. The minimum atomic E-state index is -0.431. The van der Waals surface area contributed by atoms with Gasteiger partial charge in [0.1, 0.15) is 0 Å². The zero-order valence-corrected chi connectivity index (χ0v) is 5.68. The van der Waals surface area contributed by atoms with Crippen LogP contribution >= 0.6 is 0 Å². The van der Waals surface area contributed by atoms with Crippen molar-refractivity contribution >= 4 is 6.09 Å². The van der Waals surface area contributed by atoms with Gasteiger partial charge in [-0.05, 0) is 6.42 Å². The first-order chi connectivity index (χ1) is 4.31. The summed E-state index contributed by atoms with van der Waals surface area (Å²) in [5.74, 6) is 0. The Bertz CT molecular complexity index is 110.